The second kappa shape index (κ2) is 9.00. The molecule has 2 aromatic rings. The van der Waals surface area contributed by atoms with Crippen LogP contribution in [-0.2, 0) is 0 Å². The normalized spacial score (nSPS) is 11.5. The fourth-order valence-electron chi connectivity index (χ4n) is 2.47. The van der Waals surface area contributed by atoms with Crippen molar-refractivity contribution in [1.82, 2.24) is 0 Å². The number of benzene rings is 2. The van der Waals surface area contributed by atoms with Crippen LogP contribution >= 0.6 is 0 Å². The van der Waals surface area contributed by atoms with Gasteiger partial charge in [0.05, 0.1) is 0 Å². The third-order valence-corrected chi connectivity index (χ3v) is 6.36. The van der Waals surface area contributed by atoms with Gasteiger partial charge >= 0.3 is 128 Å². The Hall–Kier alpha value is -1.04. The van der Waals surface area contributed by atoms with E-state index in [1.54, 1.807) is 0 Å². The van der Waals surface area contributed by atoms with Crippen LogP contribution in [0.25, 0.3) is 0 Å². The topological polar surface area (TPSA) is 20.2 Å². The van der Waals surface area contributed by atoms with E-state index in [0.29, 0.717) is 12.5 Å². The Morgan fingerprint density at radius 1 is 0.800 bits per heavy atom. The summed E-state index contributed by atoms with van der Waals surface area (Å²) >= 11 is 0.109. The van der Waals surface area contributed by atoms with Crippen LogP contribution in [0.15, 0.2) is 60.7 Å². The number of rotatable bonds is 8. The summed E-state index contributed by atoms with van der Waals surface area (Å²) in [5.74, 6) is 0.523. The van der Waals surface area contributed by atoms with E-state index in [1.165, 1.54) is 28.0 Å². The van der Waals surface area contributed by atoms with Crippen molar-refractivity contribution in [2.24, 2.45) is 0 Å². The maximum atomic E-state index is 8.85. The van der Waals surface area contributed by atoms with Crippen molar-refractivity contribution in [3.63, 3.8) is 0 Å². The summed E-state index contributed by atoms with van der Waals surface area (Å²) in [5.41, 5.74) is 2.85. The molecule has 20 heavy (non-hydrogen) atoms. The van der Waals surface area contributed by atoms with Gasteiger partial charge in [-0.15, -0.1) is 0 Å². The first kappa shape index (κ1) is 15.3. The first-order valence-electron chi connectivity index (χ1n) is 7.33. The van der Waals surface area contributed by atoms with E-state index >= 15 is 0 Å². The fourth-order valence-corrected chi connectivity index (χ4v) is 4.89. The molecule has 0 radical (unpaired) electrons. The second-order valence-corrected chi connectivity index (χ2v) is 8.14. The molecule has 1 atom stereocenters. The van der Waals surface area contributed by atoms with Gasteiger partial charge in [0.15, 0.2) is 0 Å². The van der Waals surface area contributed by atoms with Gasteiger partial charge in [-0.25, -0.2) is 0 Å². The zero-order chi connectivity index (χ0) is 14.0. The zero-order valence-electron chi connectivity index (χ0n) is 11.8. The summed E-state index contributed by atoms with van der Waals surface area (Å²) in [4.78, 5) is 0. The molecule has 106 valence electrons. The molecule has 0 aliphatic rings. The molecule has 2 rings (SSSR count). The van der Waals surface area contributed by atoms with Crippen molar-refractivity contribution in [1.29, 1.82) is 0 Å². The number of hydrogen-bond acceptors (Lipinski definition) is 1. The predicted molar refractivity (Wildman–Crippen MR) is 87.8 cm³/mol. The van der Waals surface area contributed by atoms with Crippen molar-refractivity contribution in [2.75, 3.05) is 6.61 Å². The summed E-state index contributed by atoms with van der Waals surface area (Å²) in [6.45, 7) is 0.351. The Morgan fingerprint density at radius 2 is 1.35 bits per heavy atom. The molecule has 0 aromatic heterocycles. The van der Waals surface area contributed by atoms with Gasteiger partial charge in [-0.2, -0.15) is 0 Å². The average molecular weight is 330 g/mol. The van der Waals surface area contributed by atoms with Crippen LogP contribution in [0.3, 0.4) is 0 Å². The molecular weight excluding hydrogens is 307 g/mol. The molecule has 0 aliphatic heterocycles. The molecule has 1 N–H and O–H groups in total. The Kier molecular flexibility index (Phi) is 6.91. The van der Waals surface area contributed by atoms with Crippen LogP contribution in [0.1, 0.15) is 29.9 Å². The molecule has 1 nitrogen and oxygen atoms in total. The van der Waals surface area contributed by atoms with Gasteiger partial charge in [0.2, 0.25) is 0 Å². The third kappa shape index (κ3) is 4.81. The number of aliphatic hydroxyl groups excluding tert-OH is 1. The zero-order valence-corrected chi connectivity index (χ0v) is 13.9. The first-order chi connectivity index (χ1) is 9.92. The minimum absolute atomic E-state index is 0.109. The van der Waals surface area contributed by atoms with Crippen molar-refractivity contribution in [2.45, 2.75) is 29.2 Å². The number of hydrogen-bond donors (Lipinski definition) is 1. The van der Waals surface area contributed by atoms with Gasteiger partial charge in [-0.1, -0.05) is 0 Å². The third-order valence-electron chi connectivity index (χ3n) is 3.53. The summed E-state index contributed by atoms with van der Waals surface area (Å²) in [6.07, 6.45) is 2.22. The van der Waals surface area contributed by atoms with E-state index in [2.05, 4.69) is 60.7 Å². The van der Waals surface area contributed by atoms with Crippen LogP contribution in [0, 0.1) is 0 Å². The quantitative estimate of drug-likeness (QED) is 0.575. The monoisotopic (exact) mass is 330 g/mol. The summed E-state index contributed by atoms with van der Waals surface area (Å²) in [6, 6.07) is 21.7. The summed E-state index contributed by atoms with van der Waals surface area (Å²) < 4.78 is 0. The summed E-state index contributed by atoms with van der Waals surface area (Å²) in [5, 5.41) is 11.4. The van der Waals surface area contributed by atoms with Crippen molar-refractivity contribution in [3.8, 4) is 0 Å². The SMILES string of the molecule is OCCC[AsH]CCC(c1ccccc1)c1ccccc1. The molecule has 0 spiro atoms. The summed E-state index contributed by atoms with van der Waals surface area (Å²) in [7, 11) is 0. The van der Waals surface area contributed by atoms with Gasteiger partial charge in [0.25, 0.3) is 0 Å². The molecule has 0 amide bonds. The van der Waals surface area contributed by atoms with Gasteiger partial charge in [-0.3, -0.25) is 0 Å². The average Bonchev–Trinajstić information content (AvgIpc) is 2.53. The van der Waals surface area contributed by atoms with E-state index in [0.717, 1.165) is 6.42 Å². The van der Waals surface area contributed by atoms with E-state index in [-0.39, 0.29) is 15.8 Å². The Bertz CT molecular complexity index is 430. The molecule has 2 heteroatoms. The van der Waals surface area contributed by atoms with Gasteiger partial charge in [0.1, 0.15) is 0 Å². The molecule has 0 bridgehead atoms. The molecule has 1 unspecified atom stereocenters. The van der Waals surface area contributed by atoms with Crippen LogP contribution in [0.4, 0.5) is 0 Å². The van der Waals surface area contributed by atoms with Crippen molar-refractivity contribution in [3.05, 3.63) is 71.8 Å². The minimum atomic E-state index is 0.109. The molecular formula is C18H23AsO. The molecule has 0 heterocycles. The molecule has 0 fully saturated rings. The van der Waals surface area contributed by atoms with Gasteiger partial charge in [-0.05, 0) is 0 Å². The molecule has 0 aliphatic carbocycles. The predicted octanol–water partition coefficient (Wildman–Crippen LogP) is 3.86. The van der Waals surface area contributed by atoms with E-state index in [9.17, 15) is 0 Å². The Balaban J connectivity index is 2.02. The van der Waals surface area contributed by atoms with E-state index in [4.69, 9.17) is 5.11 Å². The Labute approximate surface area is 128 Å². The van der Waals surface area contributed by atoms with Crippen molar-refractivity contribution >= 4 is 15.8 Å². The molecule has 0 saturated carbocycles. The van der Waals surface area contributed by atoms with E-state index in [1.807, 2.05) is 0 Å². The van der Waals surface area contributed by atoms with Crippen LogP contribution in [-0.4, -0.2) is 27.5 Å². The van der Waals surface area contributed by atoms with Crippen LogP contribution < -0.4 is 0 Å². The second-order valence-electron chi connectivity index (χ2n) is 4.99. The van der Waals surface area contributed by atoms with Gasteiger partial charge < -0.3 is 0 Å². The maximum absolute atomic E-state index is 8.85. The van der Waals surface area contributed by atoms with Crippen molar-refractivity contribution < 1.29 is 5.11 Å². The number of aliphatic hydroxyl groups is 1. The van der Waals surface area contributed by atoms with Crippen LogP contribution in [0.2, 0.25) is 10.4 Å². The first-order valence-corrected chi connectivity index (χ1v) is 10.3. The fraction of sp³-hybridized carbons (Fsp3) is 0.333. The molecule has 2 aromatic carbocycles. The molecule has 0 saturated heterocycles. The standard InChI is InChI=1S/C18H23AsO/c20-15-7-13-19-14-12-18(16-8-3-1-4-9-16)17-10-5-2-6-11-17/h1-6,8-11,18-20H,7,12-15H2. The van der Waals surface area contributed by atoms with E-state index < -0.39 is 0 Å². The Morgan fingerprint density at radius 3 is 1.85 bits per heavy atom. The van der Waals surface area contributed by atoms with Crippen LogP contribution in [0.5, 0.6) is 0 Å². The van der Waals surface area contributed by atoms with Gasteiger partial charge in [0, 0.05) is 0 Å².